The molecular weight excluding hydrogens is 1440 g/mol. The van der Waals surface area contributed by atoms with Crippen molar-refractivity contribution in [1.29, 1.82) is 10.8 Å². The Morgan fingerprint density at radius 1 is 0.387 bits per heavy atom. The monoisotopic (exact) mass is 1550 g/mol. The van der Waals surface area contributed by atoms with Gasteiger partial charge in [-0.15, -0.1) is 0 Å². The first-order valence-corrected chi connectivity index (χ1v) is 38.2. The molecule has 29 N–H and O–H groups in total. The number of hydrogen-bond acceptors (Lipinski definition) is 16. The zero-order chi connectivity index (χ0) is 80.1. The summed E-state index contributed by atoms with van der Waals surface area (Å²) in [4.78, 5) is 160. The molecule has 0 saturated heterocycles. The molecule has 33 nitrogen and oxygen atoms in total. The van der Waals surface area contributed by atoms with Crippen LogP contribution in [0, 0.1) is 16.7 Å². The molecule has 111 heavy (non-hydrogen) atoms. The lowest BCUT2D eigenvalue weighted by Gasteiger charge is -2.30. The number of nitrogens with two attached hydrogens (primary N) is 6. The highest BCUT2D eigenvalue weighted by Gasteiger charge is 2.38. The highest BCUT2D eigenvalue weighted by atomic mass is 32.1. The van der Waals surface area contributed by atoms with E-state index in [1.165, 1.54) is 0 Å². The summed E-state index contributed by atoms with van der Waals surface area (Å²) in [6.07, 6.45) is 8.64. The lowest BCUT2D eigenvalue weighted by molar-refractivity contribution is -0.136. The van der Waals surface area contributed by atoms with Gasteiger partial charge in [-0.3, -0.25) is 58.8 Å². The van der Waals surface area contributed by atoms with Crippen LogP contribution in [0.1, 0.15) is 107 Å². The molecule has 0 aliphatic rings. The molecule has 4 aromatic heterocycles. The minimum absolute atomic E-state index is 0.00913. The maximum Gasteiger partial charge on any atom is 0.243 e. The normalized spacial score (nSPS) is 14.4. The zero-order valence-corrected chi connectivity index (χ0v) is 63.4. The quantitative estimate of drug-likeness (QED) is 0.0109. The molecule has 0 radical (unpaired) electrons. The Labute approximate surface area is 648 Å². The van der Waals surface area contributed by atoms with Crippen LogP contribution in [0.15, 0.2) is 122 Å². The average molecular weight is 1550 g/mol. The van der Waals surface area contributed by atoms with Gasteiger partial charge in [0.2, 0.25) is 59.1 Å². The first-order chi connectivity index (χ1) is 53.4. The van der Waals surface area contributed by atoms with Gasteiger partial charge in [0, 0.05) is 113 Å². The predicted molar refractivity (Wildman–Crippen MR) is 430 cm³/mol. The zero-order valence-electron chi connectivity index (χ0n) is 62.5. The number of thiol groups is 1. The third-order valence-electron chi connectivity index (χ3n) is 19.7. The number of H-pyrrole nitrogens is 4. The smallest absolute Gasteiger partial charge is 0.243 e. The largest absolute Gasteiger partial charge is 0.370 e. The fourth-order valence-electron chi connectivity index (χ4n) is 13.3. The molecule has 0 aliphatic carbocycles. The van der Waals surface area contributed by atoms with Gasteiger partial charge in [0.15, 0.2) is 11.9 Å². The standard InChI is InChI=1S/C77H107N23O10S/c1-3-43(2)65(75(110)95-60(29-17-33-87-77(84)85)69(104)96-61(66(81)101)34-44-38-88-53-22-8-4-18-48(44)53)100-74(109)64(37-47-41-91-56-25-11-7-21-51(47)56)98-70(105)58(27-13-15-31-79)94-72(107)62(35-45-39-89-54-23-9-5-19-49(45)54)99-73(108)63(36-46-40-90-55-24-10-6-20-50(46)55)97-71(106)59(28-16-32-86-76(82)83)93-68(103)57(26-12-14-30-78)92-67(102)52(80)42-111/h4-11,18-25,38-41,43,52,57-65,88-91,111H,3,12-17,26-37,42,78-80H2,1-2H3,(H2,81,101)(H,92,102)(H,93,103)(H,94,107)(H,95,110)(H,96,104)(H,97,106)(H,98,105)(H,99,108)(H,100,109)(H4,82,83,86)(H4,84,85,87). The molecule has 0 spiro atoms. The van der Waals surface area contributed by atoms with Crippen LogP contribution < -0.4 is 92.9 Å². The fraction of sp³-hybridized carbons (Fsp3) is 0.429. The first kappa shape index (κ1) is 85.1. The number of carbonyl (C=O) groups excluding carboxylic acids is 10. The number of fused-ring (bicyclic) bond motifs is 4. The number of para-hydroxylation sites is 4. The van der Waals surface area contributed by atoms with E-state index < -0.39 is 125 Å². The molecule has 11 atom stereocenters. The number of rotatable bonds is 46. The molecule has 8 aromatic rings. The number of benzene rings is 4. The molecule has 4 heterocycles. The minimum Gasteiger partial charge on any atom is -0.370 e. The molecule has 0 bridgehead atoms. The van der Waals surface area contributed by atoms with Gasteiger partial charge in [-0.25, -0.2) is 0 Å². The summed E-state index contributed by atoms with van der Waals surface area (Å²) in [5.74, 6) is -9.19. The van der Waals surface area contributed by atoms with Crippen LogP contribution in [0.25, 0.3) is 43.6 Å². The Morgan fingerprint density at radius 2 is 0.667 bits per heavy atom. The Bertz CT molecular complexity index is 4520. The molecule has 0 saturated carbocycles. The lowest BCUT2D eigenvalue weighted by atomic mass is 9.96. The van der Waals surface area contributed by atoms with E-state index in [9.17, 15) is 24.0 Å². The molecule has 4 aromatic carbocycles. The van der Waals surface area contributed by atoms with Crippen molar-refractivity contribution in [3.8, 4) is 0 Å². The number of aromatic amines is 4. The van der Waals surface area contributed by atoms with Crippen molar-refractivity contribution in [3.05, 3.63) is 144 Å². The molecule has 10 amide bonds. The molecule has 11 unspecified atom stereocenters. The number of aromatic nitrogens is 4. The van der Waals surface area contributed by atoms with Crippen LogP contribution in [0.5, 0.6) is 0 Å². The molecule has 0 fully saturated rings. The maximum atomic E-state index is 15.6. The van der Waals surface area contributed by atoms with Crippen molar-refractivity contribution in [2.75, 3.05) is 31.9 Å². The summed E-state index contributed by atoms with van der Waals surface area (Å²) in [7, 11) is 0. The van der Waals surface area contributed by atoms with Crippen LogP contribution in [-0.2, 0) is 73.6 Å². The van der Waals surface area contributed by atoms with Crippen molar-refractivity contribution in [2.45, 2.75) is 171 Å². The van der Waals surface area contributed by atoms with E-state index in [1.807, 2.05) is 91.0 Å². The number of nitrogens with one attached hydrogen (secondary N) is 17. The Morgan fingerprint density at radius 3 is 0.982 bits per heavy atom. The van der Waals surface area contributed by atoms with Gasteiger partial charge < -0.3 is 113 Å². The summed E-state index contributed by atoms with van der Waals surface area (Å²) in [6.45, 7) is 4.29. The van der Waals surface area contributed by atoms with Crippen molar-refractivity contribution >= 4 is 127 Å². The molecule has 0 aliphatic heterocycles. The highest BCUT2D eigenvalue weighted by Crippen LogP contribution is 2.25. The molecular formula is C77H107N23O10S. The van der Waals surface area contributed by atoms with Gasteiger partial charge in [0.25, 0.3) is 0 Å². The number of unbranched alkanes of at least 4 members (excludes halogenated alkanes) is 2. The molecule has 34 heteroatoms. The Hall–Kier alpha value is -11.5. The number of guanidine groups is 2. The van der Waals surface area contributed by atoms with E-state index in [0.717, 1.165) is 21.8 Å². The second kappa shape index (κ2) is 42.5. The second-order valence-electron chi connectivity index (χ2n) is 27.8. The van der Waals surface area contributed by atoms with Crippen LogP contribution in [0.4, 0.5) is 0 Å². The number of primary amides is 1. The summed E-state index contributed by atoms with van der Waals surface area (Å²) in [6, 6.07) is 15.9. The van der Waals surface area contributed by atoms with Crippen molar-refractivity contribution in [2.24, 2.45) is 40.3 Å². The SMILES string of the molecule is CCC(C)C(NC(=O)C(Cc1c[nH]c2ccccc12)NC(=O)C(CCCCN)NC(=O)C(Cc1c[nH]c2ccccc12)NC(=O)C(Cc1c[nH]c2ccccc12)NC(=O)C(CCCNC(=N)N)NC(=O)C(CCCCN)NC(=O)C(N)CS)C(=O)NC(CCCNC(=N)N)C(=O)NC(Cc1c[nH]c2ccccc12)C(N)=O. The topological polar surface area (TPSA) is 570 Å². The van der Waals surface area contributed by atoms with Gasteiger partial charge in [0.1, 0.15) is 54.4 Å². The summed E-state index contributed by atoms with van der Waals surface area (Å²) in [5.41, 5.74) is 40.4. The van der Waals surface area contributed by atoms with E-state index in [1.54, 1.807) is 44.7 Å². The van der Waals surface area contributed by atoms with E-state index in [0.29, 0.717) is 76.3 Å². The summed E-state index contributed by atoms with van der Waals surface area (Å²) < 4.78 is 0. The maximum absolute atomic E-state index is 15.6. The first-order valence-electron chi connectivity index (χ1n) is 37.5. The van der Waals surface area contributed by atoms with E-state index in [4.69, 9.17) is 45.2 Å². The fourth-order valence-corrected chi connectivity index (χ4v) is 13.4. The predicted octanol–water partition coefficient (Wildman–Crippen LogP) is 0.819. The van der Waals surface area contributed by atoms with E-state index >= 15 is 24.0 Å². The summed E-state index contributed by atoms with van der Waals surface area (Å²) in [5, 5.41) is 49.3. The van der Waals surface area contributed by atoms with E-state index in [2.05, 4.69) is 91.0 Å². The molecule has 596 valence electrons. The van der Waals surface area contributed by atoms with E-state index in [-0.39, 0.29) is 108 Å². The average Bonchev–Trinajstić information content (AvgIpc) is 1.73. The van der Waals surface area contributed by atoms with Gasteiger partial charge in [-0.05, 0) is 130 Å². The van der Waals surface area contributed by atoms with Crippen LogP contribution in [0.2, 0.25) is 0 Å². The third-order valence-corrected chi connectivity index (χ3v) is 20.1. The van der Waals surface area contributed by atoms with Crippen molar-refractivity contribution in [1.82, 2.24) is 78.4 Å². The van der Waals surface area contributed by atoms with Crippen LogP contribution in [0.3, 0.4) is 0 Å². The summed E-state index contributed by atoms with van der Waals surface area (Å²) >= 11 is 4.15. The second-order valence-corrected chi connectivity index (χ2v) is 28.2. The third kappa shape index (κ3) is 24.8. The Balaban J connectivity index is 1.10. The highest BCUT2D eigenvalue weighted by molar-refractivity contribution is 7.80. The van der Waals surface area contributed by atoms with Gasteiger partial charge >= 0.3 is 0 Å². The van der Waals surface area contributed by atoms with Gasteiger partial charge in [-0.2, -0.15) is 12.6 Å². The number of hydrogen-bond donors (Lipinski definition) is 24. The number of carbonyl (C=O) groups is 10. The van der Waals surface area contributed by atoms with Crippen molar-refractivity contribution < 1.29 is 47.9 Å². The van der Waals surface area contributed by atoms with Gasteiger partial charge in [0.05, 0.1) is 6.04 Å². The number of amides is 10. The van der Waals surface area contributed by atoms with Gasteiger partial charge in [-0.1, -0.05) is 93.1 Å². The Kier molecular flexibility index (Phi) is 32.6. The van der Waals surface area contributed by atoms with Crippen LogP contribution >= 0.6 is 12.6 Å². The van der Waals surface area contributed by atoms with Crippen molar-refractivity contribution in [3.63, 3.8) is 0 Å². The molecule has 8 rings (SSSR count). The lowest BCUT2D eigenvalue weighted by Crippen LogP contribution is -2.61. The van der Waals surface area contributed by atoms with Crippen LogP contribution in [-0.4, -0.2) is 183 Å². The minimum atomic E-state index is -1.50.